The van der Waals surface area contributed by atoms with Crippen LogP contribution >= 0.6 is 15.9 Å². The number of halogens is 1. The number of hydrogen-bond donors (Lipinski definition) is 1. The Balaban J connectivity index is 1.99. The van der Waals surface area contributed by atoms with E-state index in [9.17, 15) is 0 Å². The molecular weight excluding hydrogens is 282 g/mol. The Morgan fingerprint density at radius 1 is 1.24 bits per heavy atom. The number of nitrogens with zero attached hydrogens (tertiary/aromatic N) is 2. The Kier molecular flexibility index (Phi) is 3.93. The molecule has 0 spiro atoms. The van der Waals surface area contributed by atoms with Gasteiger partial charge in [0.05, 0.1) is 0 Å². The summed E-state index contributed by atoms with van der Waals surface area (Å²) in [5, 5.41) is 2.86. The predicted molar refractivity (Wildman–Crippen MR) is 70.1 cm³/mol. The van der Waals surface area contributed by atoms with Crippen LogP contribution in [0, 0.1) is 0 Å². The van der Waals surface area contributed by atoms with Crippen molar-refractivity contribution in [2.75, 3.05) is 12.4 Å². The zero-order valence-corrected chi connectivity index (χ0v) is 10.9. The molecule has 5 heteroatoms. The van der Waals surface area contributed by atoms with Gasteiger partial charge in [-0.2, -0.15) is 4.98 Å². The van der Waals surface area contributed by atoms with Crippen molar-refractivity contribution in [2.24, 2.45) is 0 Å². The summed E-state index contributed by atoms with van der Waals surface area (Å²) in [6.45, 7) is 0.493. The molecule has 0 bridgehead atoms. The van der Waals surface area contributed by atoms with Gasteiger partial charge in [0.25, 0.3) is 0 Å². The zero-order valence-electron chi connectivity index (χ0n) is 9.35. The van der Waals surface area contributed by atoms with Crippen LogP contribution in [0.2, 0.25) is 0 Å². The van der Waals surface area contributed by atoms with Gasteiger partial charge in [0.2, 0.25) is 11.8 Å². The van der Waals surface area contributed by atoms with Gasteiger partial charge in [-0.1, -0.05) is 28.1 Å². The zero-order chi connectivity index (χ0) is 12.1. The van der Waals surface area contributed by atoms with Crippen LogP contribution in [0.15, 0.2) is 41.0 Å². The second-order valence-corrected chi connectivity index (χ2v) is 4.30. The second-order valence-electron chi connectivity index (χ2n) is 3.38. The molecule has 0 saturated carbocycles. The molecule has 88 valence electrons. The van der Waals surface area contributed by atoms with Gasteiger partial charge in [0.1, 0.15) is 6.61 Å². The van der Waals surface area contributed by atoms with Crippen molar-refractivity contribution < 1.29 is 4.74 Å². The van der Waals surface area contributed by atoms with Crippen LogP contribution in [-0.2, 0) is 6.61 Å². The first kappa shape index (κ1) is 11.9. The lowest BCUT2D eigenvalue weighted by atomic mass is 10.2. The molecule has 1 heterocycles. The van der Waals surface area contributed by atoms with Crippen molar-refractivity contribution in [2.45, 2.75) is 6.61 Å². The number of ether oxygens (including phenoxy) is 1. The van der Waals surface area contributed by atoms with Crippen molar-refractivity contribution in [3.8, 4) is 5.88 Å². The van der Waals surface area contributed by atoms with E-state index in [2.05, 4.69) is 31.2 Å². The molecule has 0 unspecified atom stereocenters. The Bertz CT molecular complexity index is 487. The molecule has 4 nitrogen and oxygen atoms in total. The summed E-state index contributed by atoms with van der Waals surface area (Å²) >= 11 is 3.39. The number of anilines is 1. The van der Waals surface area contributed by atoms with Gasteiger partial charge in [0, 0.05) is 23.8 Å². The molecule has 0 saturated heterocycles. The summed E-state index contributed by atoms with van der Waals surface area (Å²) in [5.41, 5.74) is 1.10. The van der Waals surface area contributed by atoms with Crippen LogP contribution in [-0.4, -0.2) is 17.0 Å². The normalized spacial score (nSPS) is 10.0. The van der Waals surface area contributed by atoms with E-state index in [4.69, 9.17) is 4.74 Å². The average Bonchev–Trinajstić information content (AvgIpc) is 2.38. The van der Waals surface area contributed by atoms with E-state index in [1.54, 1.807) is 19.3 Å². The Labute approximate surface area is 108 Å². The first-order valence-electron chi connectivity index (χ1n) is 5.16. The van der Waals surface area contributed by atoms with Gasteiger partial charge >= 0.3 is 0 Å². The lowest BCUT2D eigenvalue weighted by Gasteiger charge is -2.06. The Morgan fingerprint density at radius 2 is 2.00 bits per heavy atom. The number of hydrogen-bond acceptors (Lipinski definition) is 4. The molecule has 1 aromatic heterocycles. The van der Waals surface area contributed by atoms with Crippen molar-refractivity contribution >= 4 is 21.9 Å². The molecule has 0 atom stereocenters. The molecule has 0 amide bonds. The van der Waals surface area contributed by atoms with Gasteiger partial charge in [-0.05, 0) is 17.7 Å². The van der Waals surface area contributed by atoms with E-state index in [1.807, 2.05) is 24.3 Å². The van der Waals surface area contributed by atoms with Gasteiger partial charge in [-0.25, -0.2) is 4.98 Å². The third-order valence-electron chi connectivity index (χ3n) is 2.15. The first-order chi connectivity index (χ1) is 8.28. The SMILES string of the molecule is CNc1nccc(OCc2ccc(Br)cc2)n1. The maximum absolute atomic E-state index is 5.57. The molecule has 0 aliphatic rings. The highest BCUT2D eigenvalue weighted by molar-refractivity contribution is 9.10. The molecule has 2 aromatic rings. The lowest BCUT2D eigenvalue weighted by Crippen LogP contribution is -2.00. The van der Waals surface area contributed by atoms with Crippen molar-refractivity contribution in [3.05, 3.63) is 46.6 Å². The van der Waals surface area contributed by atoms with Gasteiger partial charge in [-0.3, -0.25) is 0 Å². The second kappa shape index (κ2) is 5.63. The minimum absolute atomic E-state index is 0.493. The fourth-order valence-electron chi connectivity index (χ4n) is 1.28. The summed E-state index contributed by atoms with van der Waals surface area (Å²) in [5.74, 6) is 1.12. The van der Waals surface area contributed by atoms with E-state index in [1.165, 1.54) is 0 Å². The average molecular weight is 294 g/mol. The monoisotopic (exact) mass is 293 g/mol. The number of aromatic nitrogens is 2. The summed E-state index contributed by atoms with van der Waals surface area (Å²) in [4.78, 5) is 8.19. The highest BCUT2D eigenvalue weighted by Crippen LogP contribution is 2.13. The van der Waals surface area contributed by atoms with Crippen LogP contribution < -0.4 is 10.1 Å². The summed E-state index contributed by atoms with van der Waals surface area (Å²) in [6, 6.07) is 9.71. The van der Waals surface area contributed by atoms with Gasteiger partial charge < -0.3 is 10.1 Å². The third-order valence-corrected chi connectivity index (χ3v) is 2.68. The third kappa shape index (κ3) is 3.42. The van der Waals surface area contributed by atoms with Crippen molar-refractivity contribution in [1.82, 2.24) is 9.97 Å². The quantitative estimate of drug-likeness (QED) is 0.942. The van der Waals surface area contributed by atoms with Crippen LogP contribution in [0.5, 0.6) is 5.88 Å². The molecule has 1 aromatic carbocycles. The standard InChI is InChI=1S/C12H12BrN3O/c1-14-12-15-7-6-11(16-12)17-8-9-2-4-10(13)5-3-9/h2-7H,8H2,1H3,(H,14,15,16). The molecular formula is C12H12BrN3O. The summed E-state index contributed by atoms with van der Waals surface area (Å²) in [7, 11) is 1.77. The smallest absolute Gasteiger partial charge is 0.225 e. The molecule has 17 heavy (non-hydrogen) atoms. The lowest BCUT2D eigenvalue weighted by molar-refractivity contribution is 0.294. The van der Waals surface area contributed by atoms with Crippen LogP contribution in [0.1, 0.15) is 5.56 Å². The highest BCUT2D eigenvalue weighted by Gasteiger charge is 1.99. The first-order valence-corrected chi connectivity index (χ1v) is 5.95. The van der Waals surface area contributed by atoms with Crippen molar-refractivity contribution in [1.29, 1.82) is 0 Å². The molecule has 0 radical (unpaired) electrons. The minimum Gasteiger partial charge on any atom is -0.473 e. The number of nitrogens with one attached hydrogen (secondary N) is 1. The molecule has 0 fully saturated rings. The Hall–Kier alpha value is -1.62. The predicted octanol–water partition coefficient (Wildman–Crippen LogP) is 2.86. The molecule has 2 rings (SSSR count). The summed E-state index contributed by atoms with van der Waals surface area (Å²) in [6.07, 6.45) is 1.66. The Morgan fingerprint density at radius 3 is 2.71 bits per heavy atom. The van der Waals surface area contributed by atoms with E-state index in [0.29, 0.717) is 18.4 Å². The van der Waals surface area contributed by atoms with E-state index in [0.717, 1.165) is 10.0 Å². The molecule has 0 aliphatic heterocycles. The maximum Gasteiger partial charge on any atom is 0.225 e. The van der Waals surface area contributed by atoms with Crippen molar-refractivity contribution in [3.63, 3.8) is 0 Å². The van der Waals surface area contributed by atoms with Gasteiger partial charge in [-0.15, -0.1) is 0 Å². The highest BCUT2D eigenvalue weighted by atomic mass is 79.9. The van der Waals surface area contributed by atoms with Crippen LogP contribution in [0.3, 0.4) is 0 Å². The fourth-order valence-corrected chi connectivity index (χ4v) is 1.55. The topological polar surface area (TPSA) is 47.0 Å². The fraction of sp³-hybridized carbons (Fsp3) is 0.167. The van der Waals surface area contributed by atoms with E-state index >= 15 is 0 Å². The van der Waals surface area contributed by atoms with E-state index < -0.39 is 0 Å². The largest absolute Gasteiger partial charge is 0.473 e. The molecule has 1 N–H and O–H groups in total. The van der Waals surface area contributed by atoms with Gasteiger partial charge in [0.15, 0.2) is 0 Å². The maximum atomic E-state index is 5.57. The molecule has 0 aliphatic carbocycles. The number of benzene rings is 1. The number of rotatable bonds is 4. The minimum atomic E-state index is 0.493. The summed E-state index contributed by atoms with van der Waals surface area (Å²) < 4.78 is 6.62. The van der Waals surface area contributed by atoms with Crippen LogP contribution in [0.25, 0.3) is 0 Å². The van der Waals surface area contributed by atoms with E-state index in [-0.39, 0.29) is 0 Å². The van der Waals surface area contributed by atoms with Crippen LogP contribution in [0.4, 0.5) is 5.95 Å².